The van der Waals surface area contributed by atoms with Crippen LogP contribution in [0.25, 0.3) is 0 Å². The lowest BCUT2D eigenvalue weighted by atomic mass is 10.0. The van der Waals surface area contributed by atoms with Crippen molar-refractivity contribution >= 4 is 35.6 Å². The van der Waals surface area contributed by atoms with Gasteiger partial charge in [-0.25, -0.2) is 4.79 Å². The fraction of sp³-hybridized carbons (Fsp3) is 0.308. The first-order chi connectivity index (χ1) is 19.2. The first-order valence-corrected chi connectivity index (χ1v) is 12.1. The van der Waals surface area contributed by atoms with E-state index in [0.717, 1.165) is 0 Å². The van der Waals surface area contributed by atoms with Crippen LogP contribution in [0.3, 0.4) is 0 Å². The first kappa shape index (κ1) is 32.0. The monoisotopic (exact) mass is 574 g/mol. The number of hydrogen-bond acceptors (Lipinski definition) is 9. The van der Waals surface area contributed by atoms with Crippen LogP contribution in [0.1, 0.15) is 24.0 Å². The molecule has 0 aliphatic heterocycles. The van der Waals surface area contributed by atoms with Gasteiger partial charge in [0.2, 0.25) is 17.7 Å². The Balaban J connectivity index is 2.28. The average Bonchev–Trinajstić information content (AvgIpc) is 2.89. The molecule has 220 valence electrons. The number of carbonyl (C=O) groups is 6. The number of carbonyl (C=O) groups excluding carboxylic acids is 3. The maximum absolute atomic E-state index is 13.2. The largest absolute Gasteiger partial charge is 0.508 e. The van der Waals surface area contributed by atoms with Crippen molar-refractivity contribution in [3.8, 4) is 11.5 Å². The summed E-state index contributed by atoms with van der Waals surface area (Å²) in [5, 5.41) is 53.4. The van der Waals surface area contributed by atoms with Crippen LogP contribution in [0.4, 0.5) is 0 Å². The van der Waals surface area contributed by atoms with Crippen molar-refractivity contribution in [2.45, 2.75) is 49.9 Å². The van der Waals surface area contributed by atoms with Gasteiger partial charge in [0.1, 0.15) is 29.6 Å². The predicted molar refractivity (Wildman–Crippen MR) is 140 cm³/mol. The molecule has 0 aliphatic carbocycles. The highest BCUT2D eigenvalue weighted by Gasteiger charge is 2.32. The van der Waals surface area contributed by atoms with Crippen molar-refractivity contribution < 1.29 is 54.3 Å². The number of phenols is 2. The smallest absolute Gasteiger partial charge is 0.326 e. The van der Waals surface area contributed by atoms with Crippen LogP contribution in [0.2, 0.25) is 0 Å². The van der Waals surface area contributed by atoms with E-state index < -0.39 is 72.6 Å². The molecule has 4 unspecified atom stereocenters. The van der Waals surface area contributed by atoms with Gasteiger partial charge in [0.15, 0.2) is 0 Å². The van der Waals surface area contributed by atoms with E-state index in [1.54, 1.807) is 0 Å². The minimum absolute atomic E-state index is 0.0479. The number of carboxylic acid groups (broad SMARTS) is 3. The van der Waals surface area contributed by atoms with Crippen molar-refractivity contribution in [1.82, 2.24) is 16.0 Å². The van der Waals surface area contributed by atoms with Gasteiger partial charge in [0.25, 0.3) is 0 Å². The van der Waals surface area contributed by atoms with Gasteiger partial charge in [-0.1, -0.05) is 24.3 Å². The number of aliphatic carboxylic acids is 3. The summed E-state index contributed by atoms with van der Waals surface area (Å²) in [5.41, 5.74) is 6.39. The number of rotatable bonds is 15. The SMILES string of the molecule is NC(CC(=O)O)C(=O)NC(CC(=O)O)C(=O)NC(Cc1ccc(O)cc1)C(=O)NC(Cc1ccc(O)cc1)C(=O)O. The summed E-state index contributed by atoms with van der Waals surface area (Å²) >= 11 is 0. The quantitative estimate of drug-likeness (QED) is 0.120. The van der Waals surface area contributed by atoms with Gasteiger partial charge in [-0.3, -0.25) is 24.0 Å². The number of aromatic hydroxyl groups is 2. The lowest BCUT2D eigenvalue weighted by Crippen LogP contribution is -2.58. The van der Waals surface area contributed by atoms with Crippen molar-refractivity contribution in [2.24, 2.45) is 5.73 Å². The molecule has 3 amide bonds. The molecule has 0 heterocycles. The third kappa shape index (κ3) is 10.8. The summed E-state index contributed by atoms with van der Waals surface area (Å²) in [6.45, 7) is 0. The molecule has 0 bridgehead atoms. The van der Waals surface area contributed by atoms with Crippen LogP contribution in [0.5, 0.6) is 11.5 Å². The highest BCUT2D eigenvalue weighted by Crippen LogP contribution is 2.14. The molecule has 0 saturated heterocycles. The van der Waals surface area contributed by atoms with E-state index in [4.69, 9.17) is 10.8 Å². The Labute approximate surface area is 233 Å². The van der Waals surface area contributed by atoms with Crippen molar-refractivity contribution in [1.29, 1.82) is 0 Å². The first-order valence-electron chi connectivity index (χ1n) is 12.1. The fourth-order valence-electron chi connectivity index (χ4n) is 3.63. The van der Waals surface area contributed by atoms with E-state index >= 15 is 0 Å². The molecule has 2 aromatic rings. The number of benzene rings is 2. The van der Waals surface area contributed by atoms with Crippen molar-refractivity contribution in [2.75, 3.05) is 0 Å². The lowest BCUT2D eigenvalue weighted by molar-refractivity contribution is -0.143. The number of amides is 3. The summed E-state index contributed by atoms with van der Waals surface area (Å²) in [6, 6.07) is 4.80. The summed E-state index contributed by atoms with van der Waals surface area (Å²) in [6.07, 6.45) is -2.14. The Bertz CT molecular complexity index is 1270. The minimum atomic E-state index is -1.76. The Morgan fingerprint density at radius 1 is 0.585 bits per heavy atom. The van der Waals surface area contributed by atoms with Gasteiger partial charge in [-0.05, 0) is 35.4 Å². The molecule has 0 radical (unpaired) electrons. The fourth-order valence-corrected chi connectivity index (χ4v) is 3.63. The Kier molecular flexibility index (Phi) is 11.6. The van der Waals surface area contributed by atoms with Crippen LogP contribution in [-0.4, -0.2) is 85.3 Å². The molecule has 15 heteroatoms. The normalized spacial score (nSPS) is 13.6. The number of hydrogen-bond donors (Lipinski definition) is 9. The highest BCUT2D eigenvalue weighted by molar-refractivity contribution is 5.96. The number of phenolic OH excluding ortho intramolecular Hbond substituents is 2. The molecule has 0 fully saturated rings. The molecule has 10 N–H and O–H groups in total. The third-order valence-corrected chi connectivity index (χ3v) is 5.74. The van der Waals surface area contributed by atoms with Crippen LogP contribution < -0.4 is 21.7 Å². The van der Waals surface area contributed by atoms with Crippen LogP contribution in [0, 0.1) is 0 Å². The molecule has 0 spiro atoms. The van der Waals surface area contributed by atoms with Crippen molar-refractivity contribution in [3.05, 3.63) is 59.7 Å². The van der Waals surface area contributed by atoms with E-state index in [-0.39, 0.29) is 24.3 Å². The Hall–Kier alpha value is -5.18. The number of nitrogens with two attached hydrogens (primary N) is 1. The second-order valence-electron chi connectivity index (χ2n) is 9.07. The zero-order chi connectivity index (χ0) is 30.7. The summed E-state index contributed by atoms with van der Waals surface area (Å²) < 4.78 is 0. The highest BCUT2D eigenvalue weighted by atomic mass is 16.4. The summed E-state index contributed by atoms with van der Waals surface area (Å²) in [5.74, 6) is -7.64. The Morgan fingerprint density at radius 3 is 1.41 bits per heavy atom. The van der Waals surface area contributed by atoms with E-state index in [0.29, 0.717) is 11.1 Å². The molecular weight excluding hydrogens is 544 g/mol. The molecule has 4 atom stereocenters. The van der Waals surface area contributed by atoms with Gasteiger partial charge < -0.3 is 47.2 Å². The van der Waals surface area contributed by atoms with Gasteiger partial charge in [0.05, 0.1) is 18.9 Å². The molecular formula is C26H30N4O11. The molecule has 41 heavy (non-hydrogen) atoms. The van der Waals surface area contributed by atoms with E-state index in [1.165, 1.54) is 48.5 Å². The molecule has 15 nitrogen and oxygen atoms in total. The van der Waals surface area contributed by atoms with Gasteiger partial charge in [-0.2, -0.15) is 0 Å². The lowest BCUT2D eigenvalue weighted by Gasteiger charge is -2.25. The van der Waals surface area contributed by atoms with Crippen LogP contribution in [0.15, 0.2) is 48.5 Å². The zero-order valence-corrected chi connectivity index (χ0v) is 21.5. The van der Waals surface area contributed by atoms with Gasteiger partial charge in [-0.15, -0.1) is 0 Å². The number of nitrogens with one attached hydrogen (secondary N) is 3. The molecule has 0 aliphatic rings. The summed E-state index contributed by atoms with van der Waals surface area (Å²) in [4.78, 5) is 72.7. The maximum atomic E-state index is 13.2. The number of carboxylic acids is 3. The standard InChI is InChI=1S/C26H30N4O11/c27-17(11-21(33)34)23(37)28-19(12-22(35)36)25(39)29-18(9-13-1-5-15(31)6-2-13)24(38)30-20(26(40)41)10-14-3-7-16(32)8-4-14/h1-8,17-20,31-32H,9-12,27H2,(H,28,37)(H,29,39)(H,30,38)(H,33,34)(H,35,36)(H,40,41). The second-order valence-corrected chi connectivity index (χ2v) is 9.07. The molecule has 0 aromatic heterocycles. The zero-order valence-electron chi connectivity index (χ0n) is 21.5. The summed E-state index contributed by atoms with van der Waals surface area (Å²) in [7, 11) is 0. The van der Waals surface area contributed by atoms with Gasteiger partial charge in [0, 0.05) is 12.8 Å². The minimum Gasteiger partial charge on any atom is -0.508 e. The maximum Gasteiger partial charge on any atom is 0.326 e. The second kappa shape index (κ2) is 14.8. The van der Waals surface area contributed by atoms with Crippen LogP contribution >= 0.6 is 0 Å². The topological polar surface area (TPSA) is 266 Å². The van der Waals surface area contributed by atoms with Crippen LogP contribution in [-0.2, 0) is 41.6 Å². The van der Waals surface area contributed by atoms with E-state index in [1.807, 2.05) is 0 Å². The molecule has 0 saturated carbocycles. The van der Waals surface area contributed by atoms with E-state index in [9.17, 15) is 49.2 Å². The third-order valence-electron chi connectivity index (χ3n) is 5.74. The molecule has 2 aromatic carbocycles. The van der Waals surface area contributed by atoms with Crippen molar-refractivity contribution in [3.63, 3.8) is 0 Å². The predicted octanol–water partition coefficient (Wildman–Crippen LogP) is -1.30. The van der Waals surface area contributed by atoms with Gasteiger partial charge >= 0.3 is 17.9 Å². The van der Waals surface area contributed by atoms with E-state index in [2.05, 4.69) is 16.0 Å². The molecule has 2 rings (SSSR count). The average molecular weight is 575 g/mol. The Morgan fingerprint density at radius 2 is 0.976 bits per heavy atom.